The van der Waals surface area contributed by atoms with Crippen LogP contribution in [0.15, 0.2) is 48.5 Å². The van der Waals surface area contributed by atoms with E-state index in [0.717, 1.165) is 18.7 Å². The van der Waals surface area contributed by atoms with Crippen LogP contribution in [0.3, 0.4) is 0 Å². The van der Waals surface area contributed by atoms with Crippen molar-refractivity contribution in [1.29, 1.82) is 0 Å². The Kier molecular flexibility index (Phi) is 13.7. The third-order valence-corrected chi connectivity index (χ3v) is 6.98. The average molecular weight is 657 g/mol. The summed E-state index contributed by atoms with van der Waals surface area (Å²) < 4.78 is 7.23. The fraction of sp³-hybridized carbons (Fsp3) is 0.323. The minimum Gasteiger partial charge on any atom is -1.00 e. The molecule has 1 fully saturated rings. The second-order valence-electron chi connectivity index (χ2n) is 9.80. The molecule has 0 radical (unpaired) electrons. The zero-order valence-electron chi connectivity index (χ0n) is 23.7. The standard InChI is InChI=1S/C21H27N2.C10H11NO2.2ClH.Ru/c1-14-9-16(3)20(17(4)10-14)22-7-8-23(13-22)21-18(5)11-15(2)12-19(21)6;1-7-5-3-4-6-9(7)13-8(2)10(11)12;;;/h9-13H,7-8H2,1-6H3;1,3-6,8H,2H3,(H2,11,12);2*1H;/q-1;;;;+1/p-2. The summed E-state index contributed by atoms with van der Waals surface area (Å²) in [6.45, 7) is 19.2. The van der Waals surface area contributed by atoms with E-state index in [1.807, 2.05) is 22.8 Å². The smallest absolute Gasteiger partial charge is 0.0146 e. The summed E-state index contributed by atoms with van der Waals surface area (Å²) in [4.78, 5) is 15.6. The quantitative estimate of drug-likeness (QED) is 0.291. The predicted octanol–water partition coefficient (Wildman–Crippen LogP) is -0.373. The van der Waals surface area contributed by atoms with Crippen molar-refractivity contribution in [3.05, 3.63) is 94.1 Å². The maximum absolute atomic E-state index is 10.8. The van der Waals surface area contributed by atoms with Crippen molar-refractivity contribution in [2.75, 3.05) is 22.9 Å². The van der Waals surface area contributed by atoms with E-state index in [2.05, 4.69) is 100 Å². The van der Waals surface area contributed by atoms with Gasteiger partial charge in [-0.25, -0.2) is 0 Å². The zero-order chi connectivity index (χ0) is 27.3. The first-order valence-corrected chi connectivity index (χ1v) is 13.5. The van der Waals surface area contributed by atoms with Gasteiger partial charge in [0.1, 0.15) is 0 Å². The van der Waals surface area contributed by atoms with Crippen molar-refractivity contribution in [2.24, 2.45) is 5.73 Å². The third-order valence-electron chi connectivity index (χ3n) is 6.44. The Bertz CT molecular complexity index is 1190. The number of primary amides is 1. The Balaban J connectivity index is 0.000000414. The average Bonchev–Trinajstić information content (AvgIpc) is 3.27. The van der Waals surface area contributed by atoms with Crippen LogP contribution in [0.1, 0.15) is 45.9 Å². The number of nitrogens with two attached hydrogens (primary N) is 1. The number of nitrogens with zero attached hydrogens (tertiary/aromatic N) is 2. The second-order valence-corrected chi connectivity index (χ2v) is 10.3. The zero-order valence-corrected chi connectivity index (χ0v) is 26.9. The number of rotatable bonds is 6. The van der Waals surface area contributed by atoms with Crippen LogP contribution in [0.25, 0.3) is 0 Å². The molecular weight excluding hydrogens is 618 g/mol. The Morgan fingerprint density at radius 1 is 0.872 bits per heavy atom. The van der Waals surface area contributed by atoms with E-state index in [9.17, 15) is 4.79 Å². The van der Waals surface area contributed by atoms with E-state index >= 15 is 0 Å². The van der Waals surface area contributed by atoms with Gasteiger partial charge in [0, 0.05) is 24.5 Å². The number of hydrogen-bond donors (Lipinski definition) is 1. The second kappa shape index (κ2) is 15.4. The molecule has 5 nitrogen and oxygen atoms in total. The Morgan fingerprint density at radius 2 is 1.28 bits per heavy atom. The molecule has 1 atom stereocenters. The van der Waals surface area contributed by atoms with Gasteiger partial charge >= 0.3 is 92.2 Å². The summed E-state index contributed by atoms with van der Waals surface area (Å²) in [7, 11) is 0. The molecule has 39 heavy (non-hydrogen) atoms. The maximum Gasteiger partial charge on any atom is 0.0146 e. The molecule has 0 bridgehead atoms. The minimum atomic E-state index is -0.609. The van der Waals surface area contributed by atoms with Crippen LogP contribution in [-0.4, -0.2) is 29.7 Å². The Morgan fingerprint density at radius 3 is 1.67 bits per heavy atom. The van der Waals surface area contributed by atoms with E-state index in [4.69, 9.17) is 10.5 Å². The van der Waals surface area contributed by atoms with E-state index in [1.54, 1.807) is 13.0 Å². The minimum absolute atomic E-state index is 0. The summed E-state index contributed by atoms with van der Waals surface area (Å²) in [5.41, 5.74) is 16.9. The van der Waals surface area contributed by atoms with Gasteiger partial charge in [-0.2, -0.15) is 6.67 Å². The molecule has 0 aliphatic carbocycles. The maximum atomic E-state index is 10.8. The number of hydrogen-bond acceptors (Lipinski definition) is 4. The molecule has 1 amide bonds. The van der Waals surface area contributed by atoms with Crippen molar-refractivity contribution in [3.8, 4) is 5.75 Å². The van der Waals surface area contributed by atoms with Crippen molar-refractivity contribution >= 4 is 21.9 Å². The molecule has 1 saturated heterocycles. The number of carbonyl (C=O) groups is 1. The van der Waals surface area contributed by atoms with Gasteiger partial charge in [0.15, 0.2) is 0 Å². The summed E-state index contributed by atoms with van der Waals surface area (Å²) in [5, 5.41) is 0. The van der Waals surface area contributed by atoms with Gasteiger partial charge in [0.25, 0.3) is 0 Å². The fourth-order valence-electron chi connectivity index (χ4n) is 5.01. The molecule has 0 saturated carbocycles. The van der Waals surface area contributed by atoms with Crippen LogP contribution >= 0.6 is 0 Å². The molecule has 213 valence electrons. The fourth-order valence-corrected chi connectivity index (χ4v) is 5.42. The Labute approximate surface area is 256 Å². The molecule has 0 aromatic heterocycles. The molecule has 1 unspecified atom stereocenters. The monoisotopic (exact) mass is 656 g/mol. The van der Waals surface area contributed by atoms with Gasteiger partial charge in [-0.3, -0.25) is 0 Å². The first-order valence-electron chi connectivity index (χ1n) is 12.5. The molecule has 3 aromatic rings. The van der Waals surface area contributed by atoms with E-state index in [0.29, 0.717) is 5.75 Å². The van der Waals surface area contributed by atoms with Gasteiger partial charge in [0.05, 0.1) is 0 Å². The van der Waals surface area contributed by atoms with Gasteiger partial charge in [-0.05, 0) is 63.8 Å². The summed E-state index contributed by atoms with van der Waals surface area (Å²) in [5.74, 6) is 0.196. The van der Waals surface area contributed by atoms with Crippen LogP contribution in [0.4, 0.5) is 11.4 Å². The number of carbonyl (C=O) groups excluding carboxylic acids is 1. The first kappa shape index (κ1) is 34.6. The van der Waals surface area contributed by atoms with Gasteiger partial charge in [-0.15, -0.1) is 0 Å². The molecule has 8 heteroatoms. The predicted molar refractivity (Wildman–Crippen MR) is 151 cm³/mol. The van der Waals surface area contributed by atoms with Crippen molar-refractivity contribution < 1.29 is 52.2 Å². The van der Waals surface area contributed by atoms with Gasteiger partial charge in [-0.1, -0.05) is 35.4 Å². The van der Waals surface area contributed by atoms with Gasteiger partial charge in [0.2, 0.25) is 0 Å². The molecular formula is C31H38Cl2N3O2Ru-2. The molecule has 3 aromatic carbocycles. The Hall–Kier alpha value is -2.40. The van der Waals surface area contributed by atoms with Crippen molar-refractivity contribution in [2.45, 2.75) is 54.6 Å². The number of anilines is 2. The van der Waals surface area contributed by atoms with Crippen molar-refractivity contribution in [3.63, 3.8) is 0 Å². The van der Waals surface area contributed by atoms with Crippen LogP contribution in [0.2, 0.25) is 0 Å². The van der Waals surface area contributed by atoms with E-state index in [-0.39, 0.29) is 24.8 Å². The number of ether oxygens (including phenoxy) is 1. The van der Waals surface area contributed by atoms with Crippen LogP contribution in [0, 0.1) is 48.2 Å². The van der Waals surface area contributed by atoms with E-state index < -0.39 is 12.0 Å². The number of aryl methyl sites for hydroxylation is 6. The number of amides is 1. The van der Waals surface area contributed by atoms with E-state index in [1.165, 1.54) is 44.8 Å². The molecule has 1 heterocycles. The summed E-state index contributed by atoms with van der Waals surface area (Å²) in [6.07, 6.45) is -0.609. The molecule has 1 aliphatic heterocycles. The molecule has 2 N–H and O–H groups in total. The summed E-state index contributed by atoms with van der Waals surface area (Å²) in [6, 6.07) is 16.6. The van der Waals surface area contributed by atoms with Crippen molar-refractivity contribution in [1.82, 2.24) is 0 Å². The van der Waals surface area contributed by atoms with Gasteiger partial charge < -0.3 is 34.6 Å². The third kappa shape index (κ3) is 8.80. The largest absolute Gasteiger partial charge is 1.00 e. The number of benzene rings is 3. The molecule has 0 spiro atoms. The normalized spacial score (nSPS) is 12.9. The summed E-state index contributed by atoms with van der Waals surface area (Å²) >= 11 is 2.40. The van der Waals surface area contributed by atoms with Crippen LogP contribution in [-0.2, 0) is 22.6 Å². The molecule has 1 aliphatic rings. The first-order chi connectivity index (χ1) is 17.5. The number of halogens is 2. The van der Waals surface area contributed by atoms with Crippen LogP contribution < -0.4 is 45.1 Å². The van der Waals surface area contributed by atoms with Crippen LogP contribution in [0.5, 0.6) is 5.75 Å². The number of para-hydroxylation sites is 1. The molecule has 4 rings (SSSR count). The SMILES string of the molecule is CC(Oc1ccccc1[CH]=[Ru+])C(N)=O.Cc1cc(C)c(N2[CH-]N(c3c(C)cc(C)cc3C)CC2)c(C)c1.[Cl-].[Cl-]. The topological polar surface area (TPSA) is 58.8 Å².